The Morgan fingerprint density at radius 1 is 1.21 bits per heavy atom. The molecule has 4 rings (SSSR count). The van der Waals surface area contributed by atoms with Gasteiger partial charge in [0.15, 0.2) is 4.34 Å². The molecule has 0 bridgehead atoms. The standard InChI is InChI=1S/C21H22N2O3S3/c1-29(25,26)23(18-13-12-15-7-2-3-8-16(15)18)20(24)11-6-14-27-21-22-17-9-4-5-10-19(17)28-21/h2-5,7-10,18H,6,11-14H2,1H3. The van der Waals surface area contributed by atoms with Gasteiger partial charge in [0.25, 0.3) is 0 Å². The van der Waals surface area contributed by atoms with Crippen molar-refractivity contribution in [2.24, 2.45) is 0 Å². The quantitative estimate of drug-likeness (QED) is 0.391. The molecule has 0 saturated carbocycles. The van der Waals surface area contributed by atoms with E-state index in [1.165, 1.54) is 0 Å². The Kier molecular flexibility index (Phi) is 5.94. The highest BCUT2D eigenvalue weighted by molar-refractivity contribution is 8.01. The predicted octanol–water partition coefficient (Wildman–Crippen LogP) is 4.64. The van der Waals surface area contributed by atoms with E-state index in [2.05, 4.69) is 4.98 Å². The summed E-state index contributed by atoms with van der Waals surface area (Å²) >= 11 is 3.26. The van der Waals surface area contributed by atoms with Crippen LogP contribution in [0.25, 0.3) is 10.2 Å². The average Bonchev–Trinajstić information content (AvgIpc) is 3.28. The largest absolute Gasteiger partial charge is 0.274 e. The van der Waals surface area contributed by atoms with Crippen LogP contribution in [0.3, 0.4) is 0 Å². The van der Waals surface area contributed by atoms with Gasteiger partial charge in [-0.25, -0.2) is 17.7 Å². The molecule has 3 aromatic rings. The van der Waals surface area contributed by atoms with Crippen molar-refractivity contribution in [1.29, 1.82) is 0 Å². The number of fused-ring (bicyclic) bond motifs is 2. The van der Waals surface area contributed by atoms with Gasteiger partial charge in [-0.05, 0) is 42.5 Å². The minimum Gasteiger partial charge on any atom is -0.274 e. The number of amides is 1. The van der Waals surface area contributed by atoms with Crippen LogP contribution < -0.4 is 0 Å². The highest BCUT2D eigenvalue weighted by Crippen LogP contribution is 2.37. The predicted molar refractivity (Wildman–Crippen MR) is 119 cm³/mol. The summed E-state index contributed by atoms with van der Waals surface area (Å²) in [7, 11) is -3.63. The van der Waals surface area contributed by atoms with Gasteiger partial charge in [-0.1, -0.05) is 48.2 Å². The van der Waals surface area contributed by atoms with Crippen molar-refractivity contribution in [3.8, 4) is 0 Å². The number of benzene rings is 2. The second-order valence-corrected chi connectivity index (χ2v) is 11.3. The maximum Gasteiger partial charge on any atom is 0.236 e. The van der Waals surface area contributed by atoms with Crippen LogP contribution in [-0.2, 0) is 21.2 Å². The molecular weight excluding hydrogens is 424 g/mol. The van der Waals surface area contributed by atoms with Gasteiger partial charge in [-0.2, -0.15) is 0 Å². The smallest absolute Gasteiger partial charge is 0.236 e. The molecule has 0 radical (unpaired) electrons. The number of carbonyl (C=O) groups excluding carboxylic acids is 1. The van der Waals surface area contributed by atoms with Gasteiger partial charge in [0, 0.05) is 12.2 Å². The first kappa shape index (κ1) is 20.4. The number of para-hydroxylation sites is 1. The van der Waals surface area contributed by atoms with E-state index in [1.54, 1.807) is 23.1 Å². The van der Waals surface area contributed by atoms with Gasteiger partial charge in [0.1, 0.15) is 0 Å². The first-order chi connectivity index (χ1) is 13.9. The Morgan fingerprint density at radius 2 is 1.97 bits per heavy atom. The van der Waals surface area contributed by atoms with Crippen molar-refractivity contribution >= 4 is 49.2 Å². The van der Waals surface area contributed by atoms with Crippen LogP contribution in [0.1, 0.15) is 36.4 Å². The fourth-order valence-electron chi connectivity index (χ4n) is 3.77. The third-order valence-electron chi connectivity index (χ3n) is 5.02. The van der Waals surface area contributed by atoms with Gasteiger partial charge in [-0.15, -0.1) is 11.3 Å². The third kappa shape index (κ3) is 4.49. The molecule has 0 fully saturated rings. The number of rotatable bonds is 7. The fourth-order valence-corrected chi connectivity index (χ4v) is 6.99. The zero-order chi connectivity index (χ0) is 20.4. The number of thioether (sulfide) groups is 1. The van der Waals surface area contributed by atoms with Crippen molar-refractivity contribution < 1.29 is 13.2 Å². The van der Waals surface area contributed by atoms with Gasteiger partial charge < -0.3 is 0 Å². The van der Waals surface area contributed by atoms with E-state index in [1.807, 2.05) is 48.5 Å². The Bertz CT molecular complexity index is 1110. The van der Waals surface area contributed by atoms with Crippen LogP contribution in [0.15, 0.2) is 52.9 Å². The monoisotopic (exact) mass is 446 g/mol. The highest BCUT2D eigenvalue weighted by atomic mass is 32.2. The first-order valence-electron chi connectivity index (χ1n) is 9.52. The summed E-state index contributed by atoms with van der Waals surface area (Å²) in [5.41, 5.74) is 3.07. The lowest BCUT2D eigenvalue weighted by atomic mass is 10.1. The average molecular weight is 447 g/mol. The summed E-state index contributed by atoms with van der Waals surface area (Å²) < 4.78 is 28.1. The number of aryl methyl sites for hydroxylation is 1. The molecule has 0 saturated heterocycles. The number of hydrogen-bond acceptors (Lipinski definition) is 6. The normalized spacial score (nSPS) is 16.1. The summed E-state index contributed by atoms with van der Waals surface area (Å²) in [6.45, 7) is 0. The molecular formula is C21H22N2O3S3. The number of sulfonamides is 1. The van der Waals surface area contributed by atoms with Crippen LogP contribution in [0, 0.1) is 0 Å². The van der Waals surface area contributed by atoms with Crippen molar-refractivity contribution in [2.45, 2.75) is 36.1 Å². The third-order valence-corrected chi connectivity index (χ3v) is 8.46. The molecule has 2 aromatic carbocycles. The minimum atomic E-state index is -3.63. The molecule has 0 spiro atoms. The van der Waals surface area contributed by atoms with Crippen molar-refractivity contribution in [3.05, 3.63) is 59.7 Å². The van der Waals surface area contributed by atoms with Gasteiger partial charge in [0.05, 0.1) is 22.5 Å². The lowest BCUT2D eigenvalue weighted by Crippen LogP contribution is -2.38. The first-order valence-corrected chi connectivity index (χ1v) is 13.2. The topological polar surface area (TPSA) is 67.3 Å². The van der Waals surface area contributed by atoms with E-state index in [4.69, 9.17) is 0 Å². The SMILES string of the molecule is CS(=O)(=O)N(C(=O)CCCSc1nc2ccccc2s1)C1CCc2ccccc21. The Morgan fingerprint density at radius 3 is 2.76 bits per heavy atom. The van der Waals surface area contributed by atoms with E-state index >= 15 is 0 Å². The molecule has 1 amide bonds. The Labute approximate surface area is 179 Å². The molecule has 152 valence electrons. The minimum absolute atomic E-state index is 0.212. The van der Waals surface area contributed by atoms with Gasteiger partial charge >= 0.3 is 0 Å². The van der Waals surface area contributed by atoms with Crippen LogP contribution in [-0.4, -0.2) is 35.6 Å². The molecule has 8 heteroatoms. The van der Waals surface area contributed by atoms with E-state index in [-0.39, 0.29) is 18.4 Å². The van der Waals surface area contributed by atoms with Crippen molar-refractivity contribution in [2.75, 3.05) is 12.0 Å². The summed E-state index contributed by atoms with van der Waals surface area (Å²) in [4.78, 5) is 17.4. The highest BCUT2D eigenvalue weighted by Gasteiger charge is 2.36. The summed E-state index contributed by atoms with van der Waals surface area (Å²) in [5, 5.41) is 0. The fraction of sp³-hybridized carbons (Fsp3) is 0.333. The molecule has 29 heavy (non-hydrogen) atoms. The number of nitrogens with zero attached hydrogens (tertiary/aromatic N) is 2. The van der Waals surface area contributed by atoms with Crippen LogP contribution in [0.5, 0.6) is 0 Å². The maximum atomic E-state index is 12.9. The molecule has 1 unspecified atom stereocenters. The summed E-state index contributed by atoms with van der Waals surface area (Å²) in [5.74, 6) is 0.406. The number of aromatic nitrogens is 1. The lowest BCUT2D eigenvalue weighted by molar-refractivity contribution is -0.128. The molecule has 0 N–H and O–H groups in total. The van der Waals surface area contributed by atoms with Crippen LogP contribution in [0.2, 0.25) is 0 Å². The zero-order valence-electron chi connectivity index (χ0n) is 16.1. The van der Waals surface area contributed by atoms with Crippen LogP contribution >= 0.6 is 23.1 Å². The second kappa shape index (κ2) is 8.45. The lowest BCUT2D eigenvalue weighted by Gasteiger charge is -2.27. The second-order valence-electron chi connectivity index (χ2n) is 7.11. The Hall–Kier alpha value is -1.90. The number of thiazole rings is 1. The molecule has 1 heterocycles. The molecule has 1 aliphatic carbocycles. The van der Waals surface area contributed by atoms with Crippen LogP contribution in [0.4, 0.5) is 0 Å². The van der Waals surface area contributed by atoms with E-state index in [9.17, 15) is 13.2 Å². The molecule has 1 aliphatic rings. The van der Waals surface area contributed by atoms with Crippen molar-refractivity contribution in [1.82, 2.24) is 9.29 Å². The van der Waals surface area contributed by atoms with E-state index in [0.29, 0.717) is 12.8 Å². The van der Waals surface area contributed by atoms with Gasteiger partial charge in [0.2, 0.25) is 15.9 Å². The molecule has 1 aromatic heterocycles. The van der Waals surface area contributed by atoms with E-state index < -0.39 is 10.0 Å². The zero-order valence-corrected chi connectivity index (χ0v) is 18.5. The molecule has 1 atom stereocenters. The Balaban J connectivity index is 1.39. The van der Waals surface area contributed by atoms with Crippen molar-refractivity contribution in [3.63, 3.8) is 0 Å². The maximum absolute atomic E-state index is 12.9. The van der Waals surface area contributed by atoms with E-state index in [0.717, 1.165) is 48.4 Å². The number of carbonyl (C=O) groups is 1. The van der Waals surface area contributed by atoms with Gasteiger partial charge in [-0.3, -0.25) is 4.79 Å². The summed E-state index contributed by atoms with van der Waals surface area (Å²) in [6.07, 6.45) is 3.40. The summed E-state index contributed by atoms with van der Waals surface area (Å²) in [6, 6.07) is 15.4. The molecule has 0 aliphatic heterocycles. The number of hydrogen-bond donors (Lipinski definition) is 0. The molecule has 5 nitrogen and oxygen atoms in total.